The van der Waals surface area contributed by atoms with Crippen molar-refractivity contribution >= 4 is 11.4 Å². The van der Waals surface area contributed by atoms with Crippen LogP contribution in [0.5, 0.6) is 0 Å². The molecule has 0 heterocycles. The Balaban J connectivity index is 1.75. The molecule has 4 rings (SSSR count). The highest BCUT2D eigenvalue weighted by atomic mass is 14.9. The van der Waals surface area contributed by atoms with Gasteiger partial charge in [-0.2, -0.15) is 0 Å². The summed E-state index contributed by atoms with van der Waals surface area (Å²) < 4.78 is 0. The Morgan fingerprint density at radius 2 is 0.784 bits per heavy atom. The summed E-state index contributed by atoms with van der Waals surface area (Å²) in [6, 6.07) is 33.7. The summed E-state index contributed by atoms with van der Waals surface area (Å²) in [7, 11) is 0. The normalized spacial score (nSPS) is 12.5. The highest BCUT2D eigenvalue weighted by Gasteiger charge is 2.17. The van der Waals surface area contributed by atoms with Crippen LogP contribution >= 0.6 is 0 Å². The van der Waals surface area contributed by atoms with Crippen molar-refractivity contribution in [2.45, 2.75) is 78.6 Å². The van der Waals surface area contributed by atoms with E-state index in [0.29, 0.717) is 0 Å². The van der Waals surface area contributed by atoms with Crippen LogP contribution < -0.4 is 5.32 Å². The first-order valence-corrected chi connectivity index (χ1v) is 13.5. The van der Waals surface area contributed by atoms with Crippen molar-refractivity contribution in [3.63, 3.8) is 0 Å². The lowest BCUT2D eigenvalue weighted by molar-refractivity contribution is 0.590. The van der Waals surface area contributed by atoms with Gasteiger partial charge in [0.05, 0.1) is 0 Å². The van der Waals surface area contributed by atoms with Crippen LogP contribution in [0.15, 0.2) is 91.0 Å². The maximum Gasteiger partial charge on any atom is 0.0464 e. The first-order chi connectivity index (χ1) is 17.2. The molecule has 0 aromatic heterocycles. The molecule has 0 unspecified atom stereocenters. The molecule has 0 aliphatic carbocycles. The predicted octanol–water partition coefficient (Wildman–Crippen LogP) is 10.7. The van der Waals surface area contributed by atoms with E-state index in [2.05, 4.69) is 159 Å². The van der Waals surface area contributed by atoms with Gasteiger partial charge in [-0.25, -0.2) is 0 Å². The number of anilines is 2. The quantitative estimate of drug-likeness (QED) is 0.300. The van der Waals surface area contributed by atoms with Gasteiger partial charge in [-0.1, -0.05) is 129 Å². The third kappa shape index (κ3) is 6.34. The van der Waals surface area contributed by atoms with Crippen molar-refractivity contribution < 1.29 is 0 Å². The smallest absolute Gasteiger partial charge is 0.0464 e. The van der Waals surface area contributed by atoms with Gasteiger partial charge in [0.1, 0.15) is 0 Å². The Morgan fingerprint density at radius 3 is 1.22 bits per heavy atom. The highest BCUT2D eigenvalue weighted by Crippen LogP contribution is 2.37. The fourth-order valence-electron chi connectivity index (χ4n) is 4.59. The van der Waals surface area contributed by atoms with Crippen molar-refractivity contribution in [3.8, 4) is 22.3 Å². The minimum atomic E-state index is 0.130. The van der Waals surface area contributed by atoms with Crippen LogP contribution in [0, 0.1) is 0 Å². The van der Waals surface area contributed by atoms with E-state index in [-0.39, 0.29) is 16.2 Å². The van der Waals surface area contributed by atoms with E-state index in [1.54, 1.807) is 0 Å². The maximum atomic E-state index is 3.70. The Labute approximate surface area is 225 Å². The second-order valence-electron chi connectivity index (χ2n) is 13.4. The largest absolute Gasteiger partial charge is 0.355 e. The number of hydrogen-bond acceptors (Lipinski definition) is 1. The zero-order valence-electron chi connectivity index (χ0n) is 24.2. The third-order valence-electron chi connectivity index (χ3n) is 7.20. The van der Waals surface area contributed by atoms with Gasteiger partial charge < -0.3 is 5.32 Å². The Bertz CT molecular complexity index is 1340. The molecule has 1 heteroatoms. The maximum absolute atomic E-state index is 3.70. The molecule has 37 heavy (non-hydrogen) atoms. The van der Waals surface area contributed by atoms with E-state index in [1.807, 2.05) is 0 Å². The molecular weight excluding hydrogens is 446 g/mol. The number of nitrogens with one attached hydrogen (secondary N) is 1. The Morgan fingerprint density at radius 1 is 0.405 bits per heavy atom. The highest BCUT2D eigenvalue weighted by molar-refractivity contribution is 5.85. The van der Waals surface area contributed by atoms with Crippen LogP contribution in [0.1, 0.15) is 79.0 Å². The molecule has 0 aliphatic rings. The van der Waals surface area contributed by atoms with E-state index in [4.69, 9.17) is 0 Å². The molecule has 0 saturated carbocycles. The van der Waals surface area contributed by atoms with E-state index >= 15 is 0 Å². The van der Waals surface area contributed by atoms with E-state index in [0.717, 1.165) is 11.4 Å². The first kappa shape index (κ1) is 26.7. The van der Waals surface area contributed by atoms with Gasteiger partial charge in [0.2, 0.25) is 0 Å². The standard InChI is InChI=1S/C36H43N/c1-34(2,3)28-15-10-25(11-16-28)27-14-23-33(37-31-21-19-30(20-22-31)36(7,8)9)32(24-27)26-12-17-29(18-13-26)35(4,5)6/h10-24,37H,1-9H3. The van der Waals surface area contributed by atoms with Gasteiger partial charge in [-0.05, 0) is 73.9 Å². The fraction of sp³-hybridized carbons (Fsp3) is 0.333. The second kappa shape index (κ2) is 9.86. The van der Waals surface area contributed by atoms with Gasteiger partial charge in [0.25, 0.3) is 0 Å². The number of rotatable bonds is 4. The lowest BCUT2D eigenvalue weighted by atomic mass is 9.85. The molecule has 4 aromatic carbocycles. The summed E-state index contributed by atoms with van der Waals surface area (Å²) in [5, 5.41) is 3.70. The summed E-state index contributed by atoms with van der Waals surface area (Å²) in [6.07, 6.45) is 0. The topological polar surface area (TPSA) is 12.0 Å². The molecule has 1 N–H and O–H groups in total. The van der Waals surface area contributed by atoms with Crippen LogP contribution in [0.4, 0.5) is 11.4 Å². The molecule has 0 spiro atoms. The van der Waals surface area contributed by atoms with Gasteiger partial charge in [-0.3, -0.25) is 0 Å². The summed E-state index contributed by atoms with van der Waals surface area (Å²) in [4.78, 5) is 0. The third-order valence-corrected chi connectivity index (χ3v) is 7.20. The van der Waals surface area contributed by atoms with Crippen molar-refractivity contribution in [2.75, 3.05) is 5.32 Å². The zero-order chi connectivity index (χ0) is 27.0. The van der Waals surface area contributed by atoms with Crippen LogP contribution in [0.3, 0.4) is 0 Å². The fourth-order valence-corrected chi connectivity index (χ4v) is 4.59. The number of hydrogen-bond donors (Lipinski definition) is 1. The average molecular weight is 490 g/mol. The average Bonchev–Trinajstić information content (AvgIpc) is 2.83. The molecule has 1 nitrogen and oxygen atoms in total. The minimum Gasteiger partial charge on any atom is -0.355 e. The van der Waals surface area contributed by atoms with Crippen molar-refractivity contribution in [2.24, 2.45) is 0 Å². The molecule has 0 bridgehead atoms. The Hall–Kier alpha value is -3.32. The van der Waals surface area contributed by atoms with Crippen LogP contribution in [0.2, 0.25) is 0 Å². The van der Waals surface area contributed by atoms with Crippen molar-refractivity contribution in [3.05, 3.63) is 108 Å². The molecule has 0 radical (unpaired) electrons. The van der Waals surface area contributed by atoms with Crippen molar-refractivity contribution in [1.29, 1.82) is 0 Å². The molecule has 0 aliphatic heterocycles. The summed E-state index contributed by atoms with van der Waals surface area (Å²) >= 11 is 0. The van der Waals surface area contributed by atoms with Crippen LogP contribution in [-0.4, -0.2) is 0 Å². The van der Waals surface area contributed by atoms with Gasteiger partial charge in [0.15, 0.2) is 0 Å². The van der Waals surface area contributed by atoms with E-state index in [9.17, 15) is 0 Å². The summed E-state index contributed by atoms with van der Waals surface area (Å²) in [5.41, 5.74) is 11.6. The van der Waals surface area contributed by atoms with Crippen LogP contribution in [0.25, 0.3) is 22.3 Å². The van der Waals surface area contributed by atoms with Gasteiger partial charge in [0, 0.05) is 16.9 Å². The lowest BCUT2D eigenvalue weighted by Gasteiger charge is -2.21. The molecule has 4 aromatic rings. The molecule has 192 valence electrons. The zero-order valence-corrected chi connectivity index (χ0v) is 24.2. The SMILES string of the molecule is CC(C)(C)c1ccc(Nc2ccc(-c3ccc(C(C)(C)C)cc3)cc2-c2ccc(C(C)(C)C)cc2)cc1. The molecule has 0 atom stereocenters. The number of benzene rings is 4. The van der Waals surface area contributed by atoms with Crippen molar-refractivity contribution in [1.82, 2.24) is 0 Å². The Kier molecular flexibility index (Phi) is 7.12. The minimum absolute atomic E-state index is 0.130. The summed E-state index contributed by atoms with van der Waals surface area (Å²) in [5.74, 6) is 0. The van der Waals surface area contributed by atoms with Crippen LogP contribution in [-0.2, 0) is 16.2 Å². The second-order valence-corrected chi connectivity index (χ2v) is 13.4. The van der Waals surface area contributed by atoms with E-state index < -0.39 is 0 Å². The van der Waals surface area contributed by atoms with E-state index in [1.165, 1.54) is 38.9 Å². The van der Waals surface area contributed by atoms with Gasteiger partial charge in [-0.15, -0.1) is 0 Å². The first-order valence-electron chi connectivity index (χ1n) is 13.5. The molecular formula is C36H43N. The molecule has 0 amide bonds. The van der Waals surface area contributed by atoms with Gasteiger partial charge >= 0.3 is 0 Å². The molecule has 0 fully saturated rings. The lowest BCUT2D eigenvalue weighted by Crippen LogP contribution is -2.10. The molecule has 0 saturated heterocycles. The predicted molar refractivity (Wildman–Crippen MR) is 163 cm³/mol. The summed E-state index contributed by atoms with van der Waals surface area (Å²) in [6.45, 7) is 20.3. The monoisotopic (exact) mass is 489 g/mol.